The molecular weight excluding hydrogens is 306 g/mol. The van der Waals surface area contributed by atoms with Gasteiger partial charge in [-0.25, -0.2) is 0 Å². The summed E-state index contributed by atoms with van der Waals surface area (Å²) in [5.41, 5.74) is 10.8. The van der Waals surface area contributed by atoms with Crippen LogP contribution in [0.4, 0.5) is 5.69 Å². The molecule has 0 atom stereocenters. The van der Waals surface area contributed by atoms with Crippen LogP contribution in [0.3, 0.4) is 0 Å². The van der Waals surface area contributed by atoms with Gasteiger partial charge in [-0.3, -0.25) is 0 Å². The third-order valence-electron chi connectivity index (χ3n) is 5.25. The van der Waals surface area contributed by atoms with Gasteiger partial charge in [0.25, 0.3) is 0 Å². The summed E-state index contributed by atoms with van der Waals surface area (Å²) >= 11 is 0. The minimum atomic E-state index is 0.629. The molecule has 0 heterocycles. The van der Waals surface area contributed by atoms with Crippen LogP contribution in [0.2, 0.25) is 0 Å². The normalized spacial score (nSPS) is 15.5. The fourth-order valence-corrected chi connectivity index (χ4v) is 3.89. The molecule has 1 aliphatic rings. The molecule has 1 aliphatic carbocycles. The van der Waals surface area contributed by atoms with Crippen LogP contribution in [0, 0.1) is 12.8 Å². The van der Waals surface area contributed by atoms with Crippen LogP contribution in [-0.2, 0) is 6.42 Å². The summed E-state index contributed by atoms with van der Waals surface area (Å²) in [6.45, 7) is 6.79. The number of nitrogens with two attached hydrogens (primary N) is 1. The largest absolute Gasteiger partial charge is 0.457 e. The Morgan fingerprint density at radius 1 is 1.04 bits per heavy atom. The maximum Gasteiger partial charge on any atom is 0.131 e. The van der Waals surface area contributed by atoms with Gasteiger partial charge in [0.2, 0.25) is 0 Å². The molecular formula is C23H31NO. The molecule has 1 saturated carbocycles. The number of ether oxygens (including phenoxy) is 1. The molecule has 0 saturated heterocycles. The van der Waals surface area contributed by atoms with E-state index in [4.69, 9.17) is 10.5 Å². The van der Waals surface area contributed by atoms with E-state index >= 15 is 0 Å². The lowest BCUT2D eigenvalue weighted by Crippen LogP contribution is -2.08. The van der Waals surface area contributed by atoms with Crippen molar-refractivity contribution in [3.63, 3.8) is 0 Å². The predicted octanol–water partition coefficient (Wildman–Crippen LogP) is 6.62. The summed E-state index contributed by atoms with van der Waals surface area (Å²) in [4.78, 5) is 0. The Balaban J connectivity index is 1.96. The summed E-state index contributed by atoms with van der Waals surface area (Å²) in [5.74, 6) is 3.19. The molecule has 2 aromatic rings. The van der Waals surface area contributed by atoms with Crippen molar-refractivity contribution < 1.29 is 4.74 Å². The Labute approximate surface area is 152 Å². The van der Waals surface area contributed by atoms with Gasteiger partial charge in [-0.1, -0.05) is 39.2 Å². The van der Waals surface area contributed by atoms with Gasteiger partial charge in [-0.2, -0.15) is 0 Å². The average Bonchev–Trinajstić information content (AvgIpc) is 2.59. The van der Waals surface area contributed by atoms with Crippen molar-refractivity contribution in [1.82, 2.24) is 0 Å². The highest BCUT2D eigenvalue weighted by molar-refractivity contribution is 5.48. The molecule has 0 amide bonds. The maximum atomic E-state index is 6.30. The molecule has 2 nitrogen and oxygen atoms in total. The molecule has 0 aromatic heterocycles. The first-order valence-corrected chi connectivity index (χ1v) is 9.69. The number of rotatable bonds is 5. The minimum Gasteiger partial charge on any atom is -0.457 e. The van der Waals surface area contributed by atoms with E-state index in [0.29, 0.717) is 11.8 Å². The van der Waals surface area contributed by atoms with E-state index in [2.05, 4.69) is 32.9 Å². The zero-order chi connectivity index (χ0) is 17.8. The first kappa shape index (κ1) is 17.8. The zero-order valence-corrected chi connectivity index (χ0v) is 15.8. The van der Waals surface area contributed by atoms with E-state index in [1.54, 1.807) is 0 Å². The van der Waals surface area contributed by atoms with E-state index in [9.17, 15) is 0 Å². The van der Waals surface area contributed by atoms with Crippen LogP contribution >= 0.6 is 0 Å². The lowest BCUT2D eigenvalue weighted by molar-refractivity contribution is 0.418. The van der Waals surface area contributed by atoms with Crippen LogP contribution in [0.25, 0.3) is 0 Å². The van der Waals surface area contributed by atoms with Crippen molar-refractivity contribution in [2.24, 2.45) is 5.92 Å². The van der Waals surface area contributed by atoms with Crippen molar-refractivity contribution in [3.05, 3.63) is 53.1 Å². The van der Waals surface area contributed by atoms with Crippen molar-refractivity contribution in [1.29, 1.82) is 0 Å². The Morgan fingerprint density at radius 3 is 2.36 bits per heavy atom. The SMILES string of the molecule is Cc1cc(Oc2ccc(N)cc2)c(C2CCCCC2)cc1CC(C)C. The second kappa shape index (κ2) is 7.95. The third-order valence-corrected chi connectivity index (χ3v) is 5.25. The fraction of sp³-hybridized carbons (Fsp3) is 0.478. The molecule has 134 valence electrons. The Kier molecular flexibility index (Phi) is 5.67. The van der Waals surface area contributed by atoms with E-state index in [1.165, 1.54) is 48.8 Å². The van der Waals surface area contributed by atoms with Gasteiger partial charge in [0.05, 0.1) is 0 Å². The lowest BCUT2D eigenvalue weighted by Gasteiger charge is -2.26. The predicted molar refractivity (Wildman–Crippen MR) is 106 cm³/mol. The van der Waals surface area contributed by atoms with Crippen LogP contribution in [-0.4, -0.2) is 0 Å². The summed E-state index contributed by atoms with van der Waals surface area (Å²) in [6, 6.07) is 12.4. The highest BCUT2D eigenvalue weighted by Gasteiger charge is 2.21. The van der Waals surface area contributed by atoms with Gasteiger partial charge >= 0.3 is 0 Å². The number of aryl methyl sites for hydroxylation is 1. The first-order valence-electron chi connectivity index (χ1n) is 9.69. The van der Waals surface area contributed by atoms with E-state index in [0.717, 1.165) is 23.6 Å². The highest BCUT2D eigenvalue weighted by atomic mass is 16.5. The van der Waals surface area contributed by atoms with Crippen LogP contribution in [0.15, 0.2) is 36.4 Å². The number of hydrogen-bond acceptors (Lipinski definition) is 2. The summed E-state index contributed by atoms with van der Waals surface area (Å²) < 4.78 is 6.30. The van der Waals surface area contributed by atoms with E-state index in [-0.39, 0.29) is 0 Å². The smallest absolute Gasteiger partial charge is 0.131 e. The van der Waals surface area contributed by atoms with Crippen molar-refractivity contribution in [2.75, 3.05) is 5.73 Å². The van der Waals surface area contributed by atoms with Gasteiger partial charge in [-0.05, 0) is 85.0 Å². The molecule has 0 aliphatic heterocycles. The second-order valence-corrected chi connectivity index (χ2v) is 7.92. The second-order valence-electron chi connectivity index (χ2n) is 7.92. The minimum absolute atomic E-state index is 0.629. The summed E-state index contributed by atoms with van der Waals surface area (Å²) in [7, 11) is 0. The molecule has 0 radical (unpaired) electrons. The van der Waals surface area contributed by atoms with Crippen molar-refractivity contribution in [2.45, 2.75) is 65.2 Å². The molecule has 2 heteroatoms. The van der Waals surface area contributed by atoms with Crippen molar-refractivity contribution in [3.8, 4) is 11.5 Å². The van der Waals surface area contributed by atoms with E-state index < -0.39 is 0 Å². The van der Waals surface area contributed by atoms with Gasteiger partial charge < -0.3 is 10.5 Å². The molecule has 2 aromatic carbocycles. The lowest BCUT2D eigenvalue weighted by atomic mass is 9.82. The Morgan fingerprint density at radius 2 is 1.72 bits per heavy atom. The van der Waals surface area contributed by atoms with Crippen molar-refractivity contribution >= 4 is 5.69 Å². The number of hydrogen-bond donors (Lipinski definition) is 1. The molecule has 3 rings (SSSR count). The van der Waals surface area contributed by atoms with E-state index in [1.807, 2.05) is 24.3 Å². The van der Waals surface area contributed by atoms with Crippen LogP contribution in [0.1, 0.15) is 68.6 Å². The zero-order valence-electron chi connectivity index (χ0n) is 15.8. The highest BCUT2D eigenvalue weighted by Crippen LogP contribution is 2.40. The van der Waals surface area contributed by atoms with Crippen LogP contribution < -0.4 is 10.5 Å². The van der Waals surface area contributed by atoms with Crippen LogP contribution in [0.5, 0.6) is 11.5 Å². The Hall–Kier alpha value is -1.96. The summed E-state index contributed by atoms with van der Waals surface area (Å²) in [6.07, 6.45) is 7.73. The summed E-state index contributed by atoms with van der Waals surface area (Å²) in [5, 5.41) is 0. The standard InChI is InChI=1S/C23H31NO/c1-16(2)13-19-15-22(18-7-5-4-6-8-18)23(14-17(19)3)25-21-11-9-20(24)10-12-21/h9-12,14-16,18H,4-8,13,24H2,1-3H3. The third kappa shape index (κ3) is 4.56. The number of benzene rings is 2. The molecule has 25 heavy (non-hydrogen) atoms. The Bertz CT molecular complexity index is 697. The molecule has 1 fully saturated rings. The van der Waals surface area contributed by atoms with Gasteiger partial charge in [0, 0.05) is 5.69 Å². The maximum absolute atomic E-state index is 6.30. The number of nitrogen functional groups attached to an aromatic ring is 1. The topological polar surface area (TPSA) is 35.2 Å². The molecule has 0 spiro atoms. The molecule has 0 bridgehead atoms. The average molecular weight is 338 g/mol. The molecule has 2 N–H and O–H groups in total. The monoisotopic (exact) mass is 337 g/mol. The first-order chi connectivity index (χ1) is 12.0. The van der Waals surface area contributed by atoms with Gasteiger partial charge in [0.1, 0.15) is 11.5 Å². The quantitative estimate of drug-likeness (QED) is 0.622. The van der Waals surface area contributed by atoms with Gasteiger partial charge in [-0.15, -0.1) is 0 Å². The molecule has 0 unspecified atom stereocenters. The fourth-order valence-electron chi connectivity index (χ4n) is 3.89. The number of anilines is 1. The van der Waals surface area contributed by atoms with Gasteiger partial charge in [0.15, 0.2) is 0 Å².